The van der Waals surface area contributed by atoms with Crippen LogP contribution in [0.1, 0.15) is 5.76 Å². The standard InChI is InChI=1S/C7H9ClN4O3/c1-9-7(4-12(13)14)10-3-5-2-6(8)11-15-5/h2,4,9-10H,3H2,1H3/b7-4+. The highest BCUT2D eigenvalue weighted by Gasteiger charge is 2.04. The first-order chi connectivity index (χ1) is 7.11. The largest absolute Gasteiger partial charge is 0.370 e. The monoisotopic (exact) mass is 232 g/mol. The molecule has 0 saturated carbocycles. The molecule has 0 aliphatic heterocycles. The first-order valence-corrected chi connectivity index (χ1v) is 4.37. The van der Waals surface area contributed by atoms with Gasteiger partial charge in [-0.3, -0.25) is 10.1 Å². The summed E-state index contributed by atoms with van der Waals surface area (Å²) in [6, 6.07) is 1.52. The van der Waals surface area contributed by atoms with Crippen LogP contribution < -0.4 is 10.6 Å². The molecule has 0 unspecified atom stereocenters. The molecule has 0 saturated heterocycles. The zero-order chi connectivity index (χ0) is 11.3. The quantitative estimate of drug-likeness (QED) is 0.574. The van der Waals surface area contributed by atoms with E-state index in [9.17, 15) is 10.1 Å². The molecule has 1 aromatic rings. The van der Waals surface area contributed by atoms with Crippen molar-refractivity contribution in [2.45, 2.75) is 6.54 Å². The number of aromatic nitrogens is 1. The molecule has 0 spiro atoms. The molecule has 0 aliphatic carbocycles. The van der Waals surface area contributed by atoms with Gasteiger partial charge in [0.1, 0.15) is 0 Å². The van der Waals surface area contributed by atoms with Crippen LogP contribution in [0.25, 0.3) is 0 Å². The maximum Gasteiger partial charge on any atom is 0.274 e. The molecule has 0 atom stereocenters. The Morgan fingerprint density at radius 1 is 1.87 bits per heavy atom. The second kappa shape index (κ2) is 5.20. The fraction of sp³-hybridized carbons (Fsp3) is 0.286. The molecule has 8 heteroatoms. The molecule has 0 fully saturated rings. The number of hydrogen-bond donors (Lipinski definition) is 2. The summed E-state index contributed by atoms with van der Waals surface area (Å²) >= 11 is 5.52. The number of halogens is 1. The average Bonchev–Trinajstić information content (AvgIpc) is 2.58. The zero-order valence-electron chi connectivity index (χ0n) is 7.86. The van der Waals surface area contributed by atoms with Gasteiger partial charge >= 0.3 is 0 Å². The lowest BCUT2D eigenvalue weighted by Crippen LogP contribution is -2.23. The predicted molar refractivity (Wildman–Crippen MR) is 52.5 cm³/mol. The minimum absolute atomic E-state index is 0.246. The third-order valence-corrected chi connectivity index (χ3v) is 1.67. The van der Waals surface area contributed by atoms with E-state index < -0.39 is 4.92 Å². The summed E-state index contributed by atoms with van der Waals surface area (Å²) in [7, 11) is 1.57. The highest BCUT2D eigenvalue weighted by Crippen LogP contribution is 2.08. The van der Waals surface area contributed by atoms with Gasteiger partial charge in [-0.15, -0.1) is 0 Å². The van der Waals surface area contributed by atoms with Crippen LogP contribution in [-0.2, 0) is 6.54 Å². The smallest absolute Gasteiger partial charge is 0.274 e. The Morgan fingerprint density at radius 2 is 2.60 bits per heavy atom. The fourth-order valence-electron chi connectivity index (χ4n) is 0.857. The summed E-state index contributed by atoms with van der Waals surface area (Å²) in [5.41, 5.74) is 0. The van der Waals surface area contributed by atoms with Crippen LogP contribution in [0.3, 0.4) is 0 Å². The van der Waals surface area contributed by atoms with E-state index >= 15 is 0 Å². The number of nitrogens with zero attached hydrogens (tertiary/aromatic N) is 2. The number of hydrogen-bond acceptors (Lipinski definition) is 6. The second-order valence-electron chi connectivity index (χ2n) is 2.55. The van der Waals surface area contributed by atoms with Crippen LogP contribution in [0.2, 0.25) is 5.15 Å². The Balaban J connectivity index is 2.51. The minimum atomic E-state index is -0.563. The molecule has 1 aromatic heterocycles. The van der Waals surface area contributed by atoms with E-state index in [1.165, 1.54) is 6.07 Å². The van der Waals surface area contributed by atoms with Gasteiger partial charge in [0, 0.05) is 13.1 Å². The van der Waals surface area contributed by atoms with E-state index in [0.717, 1.165) is 6.20 Å². The summed E-state index contributed by atoms with van der Waals surface area (Å²) < 4.78 is 4.79. The third kappa shape index (κ3) is 3.86. The second-order valence-corrected chi connectivity index (χ2v) is 2.93. The molecular formula is C7H9ClN4O3. The van der Waals surface area contributed by atoms with Gasteiger partial charge in [-0.05, 0) is 0 Å². The van der Waals surface area contributed by atoms with E-state index in [2.05, 4.69) is 15.8 Å². The van der Waals surface area contributed by atoms with Crippen LogP contribution in [-0.4, -0.2) is 17.1 Å². The Labute approximate surface area is 90.2 Å². The van der Waals surface area contributed by atoms with Gasteiger partial charge in [0.25, 0.3) is 6.20 Å². The Bertz CT molecular complexity index is 376. The van der Waals surface area contributed by atoms with Gasteiger partial charge in [0.2, 0.25) is 0 Å². The highest BCUT2D eigenvalue weighted by molar-refractivity contribution is 6.29. The third-order valence-electron chi connectivity index (χ3n) is 1.49. The van der Waals surface area contributed by atoms with Gasteiger partial charge in [-0.1, -0.05) is 16.8 Å². The Hall–Kier alpha value is -1.76. The van der Waals surface area contributed by atoms with Crippen molar-refractivity contribution in [2.75, 3.05) is 7.05 Å². The maximum atomic E-state index is 10.2. The molecule has 0 radical (unpaired) electrons. The maximum absolute atomic E-state index is 10.2. The molecule has 0 bridgehead atoms. The molecule has 0 aromatic carbocycles. The fourth-order valence-corrected chi connectivity index (χ4v) is 1.01. The molecule has 7 nitrogen and oxygen atoms in total. The highest BCUT2D eigenvalue weighted by atomic mass is 35.5. The lowest BCUT2D eigenvalue weighted by Gasteiger charge is -2.04. The predicted octanol–water partition coefficient (Wildman–Crippen LogP) is 0.713. The van der Waals surface area contributed by atoms with Crippen molar-refractivity contribution in [1.82, 2.24) is 15.8 Å². The van der Waals surface area contributed by atoms with Crippen LogP contribution >= 0.6 is 11.6 Å². The van der Waals surface area contributed by atoms with Crippen molar-refractivity contribution >= 4 is 11.6 Å². The van der Waals surface area contributed by atoms with Crippen LogP contribution in [0.15, 0.2) is 22.6 Å². The number of nitro groups is 1. The van der Waals surface area contributed by atoms with Crippen LogP contribution in [0.4, 0.5) is 0 Å². The zero-order valence-corrected chi connectivity index (χ0v) is 8.61. The van der Waals surface area contributed by atoms with Crippen LogP contribution in [0, 0.1) is 10.1 Å². The van der Waals surface area contributed by atoms with E-state index in [0.29, 0.717) is 5.76 Å². The SMILES string of the molecule is CN/C(=C\[N+](=O)[O-])NCc1cc(Cl)no1. The molecule has 0 amide bonds. The summed E-state index contributed by atoms with van der Waals surface area (Å²) in [5, 5.41) is 19.3. The van der Waals surface area contributed by atoms with Crippen molar-refractivity contribution in [3.8, 4) is 0 Å². The lowest BCUT2D eigenvalue weighted by molar-refractivity contribution is -0.404. The molecule has 1 heterocycles. The molecule has 2 N–H and O–H groups in total. The number of nitrogens with one attached hydrogen (secondary N) is 2. The van der Waals surface area contributed by atoms with Crippen molar-refractivity contribution in [2.24, 2.45) is 0 Å². The average molecular weight is 233 g/mol. The molecule has 0 aliphatic rings. The number of rotatable bonds is 5. The Morgan fingerprint density at radius 3 is 3.07 bits per heavy atom. The van der Waals surface area contributed by atoms with E-state index in [1.807, 2.05) is 0 Å². The first-order valence-electron chi connectivity index (χ1n) is 4.00. The summed E-state index contributed by atoms with van der Waals surface area (Å²) in [4.78, 5) is 9.61. The van der Waals surface area contributed by atoms with Crippen LogP contribution in [0.5, 0.6) is 0 Å². The van der Waals surface area contributed by atoms with Crippen molar-refractivity contribution in [1.29, 1.82) is 0 Å². The minimum Gasteiger partial charge on any atom is -0.370 e. The lowest BCUT2D eigenvalue weighted by atomic mass is 10.4. The Kier molecular flexibility index (Phi) is 3.92. The first kappa shape index (κ1) is 11.3. The van der Waals surface area contributed by atoms with Gasteiger partial charge in [-0.2, -0.15) is 0 Å². The molecule has 82 valence electrons. The topological polar surface area (TPSA) is 93.2 Å². The van der Waals surface area contributed by atoms with Gasteiger partial charge < -0.3 is 15.2 Å². The van der Waals surface area contributed by atoms with E-state index in [-0.39, 0.29) is 17.5 Å². The normalized spacial score (nSPS) is 11.2. The summed E-state index contributed by atoms with van der Waals surface area (Å²) in [5.74, 6) is 0.761. The molecule has 1 rings (SSSR count). The van der Waals surface area contributed by atoms with Crippen molar-refractivity contribution < 1.29 is 9.45 Å². The molecular weight excluding hydrogens is 224 g/mol. The van der Waals surface area contributed by atoms with Gasteiger partial charge in [0.15, 0.2) is 16.7 Å². The van der Waals surface area contributed by atoms with Gasteiger partial charge in [-0.25, -0.2) is 0 Å². The summed E-state index contributed by atoms with van der Waals surface area (Å²) in [6.45, 7) is 0.264. The van der Waals surface area contributed by atoms with Crippen molar-refractivity contribution in [3.63, 3.8) is 0 Å². The summed E-state index contributed by atoms with van der Waals surface area (Å²) in [6.07, 6.45) is 0.817. The van der Waals surface area contributed by atoms with E-state index in [4.69, 9.17) is 16.1 Å². The molecule has 15 heavy (non-hydrogen) atoms. The van der Waals surface area contributed by atoms with E-state index in [1.54, 1.807) is 7.05 Å². The van der Waals surface area contributed by atoms with Crippen molar-refractivity contribution in [3.05, 3.63) is 39.1 Å². The van der Waals surface area contributed by atoms with Gasteiger partial charge in [0.05, 0.1) is 11.5 Å².